The maximum atomic E-state index is 10.4. The van der Waals surface area contributed by atoms with E-state index in [4.69, 9.17) is 14.9 Å². The molecule has 1 rings (SSSR count). The summed E-state index contributed by atoms with van der Waals surface area (Å²) >= 11 is 0. The van der Waals surface area contributed by atoms with E-state index in [9.17, 15) is 19.9 Å². The fraction of sp³-hybridized carbons (Fsp3) is 1.00. The molecule has 1 radical (unpaired) electrons. The van der Waals surface area contributed by atoms with E-state index in [0.717, 1.165) is 0 Å². The summed E-state index contributed by atoms with van der Waals surface area (Å²) in [6, 6.07) is 0. The van der Waals surface area contributed by atoms with Crippen LogP contribution in [0.4, 0.5) is 0 Å². The van der Waals surface area contributed by atoms with Crippen molar-refractivity contribution in [1.29, 1.82) is 0 Å². The van der Waals surface area contributed by atoms with Gasteiger partial charge in [-0.2, -0.15) is 0 Å². The van der Waals surface area contributed by atoms with Gasteiger partial charge in [-0.25, -0.2) is 4.57 Å². The first-order valence-corrected chi connectivity index (χ1v) is 5.80. The number of rotatable bonds is 4. The van der Waals surface area contributed by atoms with E-state index in [-0.39, 0.29) is 51.4 Å². The van der Waals surface area contributed by atoms with E-state index in [1.807, 2.05) is 0 Å². The molecule has 6 N–H and O–H groups in total. The van der Waals surface area contributed by atoms with Crippen molar-refractivity contribution in [1.82, 2.24) is 0 Å². The largest absolute Gasteiger partial charge is 0.469 e. The zero-order chi connectivity index (χ0) is 12.6. The van der Waals surface area contributed by atoms with E-state index >= 15 is 0 Å². The van der Waals surface area contributed by atoms with E-state index in [1.165, 1.54) is 0 Å². The molecule has 1 heterocycles. The fourth-order valence-corrected chi connectivity index (χ4v) is 1.65. The fourth-order valence-electron chi connectivity index (χ4n) is 1.31. The Kier molecular flexibility index (Phi) is 7.44. The average molecular weight is 299 g/mol. The van der Waals surface area contributed by atoms with Gasteiger partial charge in [0.15, 0.2) is 0 Å². The Balaban J connectivity index is 0.00000256. The first-order valence-electron chi connectivity index (χ1n) is 4.27. The Hall–Kier alpha value is 1.55. The minimum atomic E-state index is -4.73. The second-order valence-corrected chi connectivity index (χ2v) is 4.62. The molecule has 9 nitrogen and oxygen atoms in total. The number of aliphatic hydroxyl groups excluding tert-OH is 3. The predicted octanol–water partition coefficient (Wildman–Crippen LogP) is -3.48. The van der Waals surface area contributed by atoms with Crippen LogP contribution in [0.1, 0.15) is 0 Å². The summed E-state index contributed by atoms with van der Waals surface area (Å²) in [6.45, 7) is -1.71. The molecular formula is C6H13KO9P. The third-order valence-corrected chi connectivity index (χ3v) is 2.64. The van der Waals surface area contributed by atoms with Crippen LogP contribution in [0.2, 0.25) is 0 Å². The molecule has 0 aromatic carbocycles. The van der Waals surface area contributed by atoms with Crippen molar-refractivity contribution < 1.29 is 44.0 Å². The molecule has 0 amide bonds. The second kappa shape index (κ2) is 6.82. The molecule has 1 fully saturated rings. The SMILES string of the molecule is O=P(O)(O)OCC1OC(O)(CO)C(O)C1O.[K]. The monoisotopic (exact) mass is 299 g/mol. The molecule has 1 saturated heterocycles. The van der Waals surface area contributed by atoms with E-state index < -0.39 is 45.1 Å². The van der Waals surface area contributed by atoms with Crippen molar-refractivity contribution in [2.45, 2.75) is 24.1 Å². The standard InChI is InChI=1S/C6H13O9P.K/c7-2-6(10)5(9)4(8)3(15-6)1-14-16(11,12)13;/h3-5,7-10H,1-2H2,(H2,11,12,13);. The van der Waals surface area contributed by atoms with Gasteiger partial charge < -0.3 is 34.9 Å². The molecule has 97 valence electrons. The van der Waals surface area contributed by atoms with Crippen LogP contribution in [0, 0.1) is 0 Å². The van der Waals surface area contributed by atoms with Crippen LogP contribution in [-0.2, 0) is 13.8 Å². The number of phosphoric ester groups is 1. The van der Waals surface area contributed by atoms with Crippen LogP contribution in [0.5, 0.6) is 0 Å². The molecule has 4 atom stereocenters. The molecule has 0 spiro atoms. The topological polar surface area (TPSA) is 157 Å². The molecule has 1 aliphatic heterocycles. The number of ether oxygens (including phenoxy) is 1. The summed E-state index contributed by atoms with van der Waals surface area (Å²) in [5.41, 5.74) is 0. The quantitative estimate of drug-likeness (QED) is 0.229. The maximum Gasteiger partial charge on any atom is 0.469 e. The van der Waals surface area contributed by atoms with Gasteiger partial charge in [0.1, 0.15) is 18.3 Å². The summed E-state index contributed by atoms with van der Waals surface area (Å²) in [6.07, 6.45) is -4.76. The number of hydrogen-bond donors (Lipinski definition) is 6. The number of aliphatic hydroxyl groups is 4. The van der Waals surface area contributed by atoms with Crippen LogP contribution < -0.4 is 0 Å². The Morgan fingerprint density at radius 1 is 1.35 bits per heavy atom. The van der Waals surface area contributed by atoms with Crippen LogP contribution in [0.25, 0.3) is 0 Å². The van der Waals surface area contributed by atoms with Crippen LogP contribution in [0.15, 0.2) is 0 Å². The summed E-state index contributed by atoms with van der Waals surface area (Å²) in [7, 11) is -4.73. The van der Waals surface area contributed by atoms with Crippen LogP contribution >= 0.6 is 7.82 Å². The summed E-state index contributed by atoms with van der Waals surface area (Å²) in [4.78, 5) is 16.8. The van der Waals surface area contributed by atoms with E-state index in [2.05, 4.69) is 9.26 Å². The summed E-state index contributed by atoms with van der Waals surface area (Å²) in [5.74, 6) is -2.36. The van der Waals surface area contributed by atoms with Gasteiger partial charge in [0, 0.05) is 51.4 Å². The zero-order valence-corrected chi connectivity index (χ0v) is 13.0. The normalized spacial score (nSPS) is 37.9. The molecule has 0 saturated carbocycles. The molecule has 17 heavy (non-hydrogen) atoms. The molecule has 1 aliphatic rings. The first-order chi connectivity index (χ1) is 7.19. The van der Waals surface area contributed by atoms with Gasteiger partial charge in [0.05, 0.1) is 13.2 Å². The van der Waals surface area contributed by atoms with E-state index in [1.54, 1.807) is 0 Å². The zero-order valence-electron chi connectivity index (χ0n) is 9.00. The predicted molar refractivity (Wildman–Crippen MR) is 52.7 cm³/mol. The molecule has 0 aromatic rings. The Morgan fingerprint density at radius 2 is 1.88 bits per heavy atom. The van der Waals surface area contributed by atoms with Crippen molar-refractivity contribution in [3.05, 3.63) is 0 Å². The van der Waals surface area contributed by atoms with Crippen LogP contribution in [0.3, 0.4) is 0 Å². The minimum absolute atomic E-state index is 0. The third kappa shape index (κ3) is 4.86. The summed E-state index contributed by atoms with van der Waals surface area (Å²) in [5, 5.41) is 36.7. The number of hydrogen-bond acceptors (Lipinski definition) is 7. The van der Waals surface area contributed by atoms with E-state index in [0.29, 0.717) is 0 Å². The Labute approximate surface area is 139 Å². The number of phosphoric acid groups is 1. The van der Waals surface area contributed by atoms with Gasteiger partial charge >= 0.3 is 7.82 Å². The third-order valence-electron chi connectivity index (χ3n) is 2.16. The van der Waals surface area contributed by atoms with Gasteiger partial charge in [0.2, 0.25) is 5.79 Å². The van der Waals surface area contributed by atoms with Crippen LogP contribution in [-0.4, -0.2) is 119 Å². The molecule has 0 bridgehead atoms. The summed E-state index contributed by atoms with van der Waals surface area (Å²) < 4.78 is 19.1. The van der Waals surface area contributed by atoms with Gasteiger partial charge in [-0.05, 0) is 0 Å². The smallest absolute Gasteiger partial charge is 0.391 e. The Bertz CT molecular complexity index is 295. The molecule has 11 heteroatoms. The first kappa shape index (κ1) is 18.5. The molecule has 4 unspecified atom stereocenters. The molecule has 0 aromatic heterocycles. The molecular weight excluding hydrogens is 286 g/mol. The van der Waals surface area contributed by atoms with Gasteiger partial charge in [-0.1, -0.05) is 0 Å². The van der Waals surface area contributed by atoms with Crippen molar-refractivity contribution in [3.63, 3.8) is 0 Å². The van der Waals surface area contributed by atoms with Crippen molar-refractivity contribution in [2.24, 2.45) is 0 Å². The average Bonchev–Trinajstić information content (AvgIpc) is 2.40. The van der Waals surface area contributed by atoms with Gasteiger partial charge in [-0.15, -0.1) is 0 Å². The van der Waals surface area contributed by atoms with Gasteiger partial charge in [-0.3, -0.25) is 4.52 Å². The Morgan fingerprint density at radius 3 is 2.24 bits per heavy atom. The van der Waals surface area contributed by atoms with Crippen molar-refractivity contribution in [3.8, 4) is 0 Å². The van der Waals surface area contributed by atoms with Crippen molar-refractivity contribution >= 4 is 59.2 Å². The van der Waals surface area contributed by atoms with Crippen molar-refractivity contribution in [2.75, 3.05) is 13.2 Å². The van der Waals surface area contributed by atoms with Gasteiger partial charge in [0.25, 0.3) is 0 Å². The second-order valence-electron chi connectivity index (χ2n) is 3.38. The maximum absolute atomic E-state index is 10.4. The minimum Gasteiger partial charge on any atom is -0.391 e. The molecule has 0 aliphatic carbocycles.